The van der Waals surface area contributed by atoms with Crippen LogP contribution in [0.1, 0.15) is 60.8 Å². The first kappa shape index (κ1) is 37.6. The van der Waals surface area contributed by atoms with E-state index < -0.39 is 97.0 Å². The van der Waals surface area contributed by atoms with Crippen LogP contribution < -0.4 is 27.0 Å². The molecule has 1 heterocycles. The highest BCUT2D eigenvalue weighted by Gasteiger charge is 2.47. The zero-order valence-electron chi connectivity index (χ0n) is 25.2. The third-order valence-corrected chi connectivity index (χ3v) is 6.67. The molecule has 0 aromatic rings. The van der Waals surface area contributed by atoms with E-state index in [1.807, 2.05) is 6.92 Å². The van der Waals surface area contributed by atoms with E-state index in [1.165, 1.54) is 20.8 Å². The third kappa shape index (κ3) is 12.0. The number of primary amides is 1. The molecule has 0 aliphatic carbocycles. The van der Waals surface area contributed by atoms with Gasteiger partial charge in [0.05, 0.1) is 12.7 Å². The number of aliphatic hydroxyl groups excluding tert-OH is 3. The number of carbonyl (C=O) groups excluding carboxylic acids is 6. The Morgan fingerprint density at radius 2 is 1.58 bits per heavy atom. The number of amides is 5. The van der Waals surface area contributed by atoms with E-state index in [2.05, 4.69) is 21.3 Å². The molecule has 0 aromatic heterocycles. The van der Waals surface area contributed by atoms with Crippen molar-refractivity contribution in [1.29, 1.82) is 0 Å². The lowest BCUT2D eigenvalue weighted by molar-refractivity contribution is -0.266. The van der Waals surface area contributed by atoms with Crippen LogP contribution in [0.15, 0.2) is 0 Å². The highest BCUT2D eigenvalue weighted by Crippen LogP contribution is 2.23. The van der Waals surface area contributed by atoms with Gasteiger partial charge in [0.1, 0.15) is 48.6 Å². The SMILES string of the molecule is CCC(C)OC(=O)[C@H](C)NC(=O)CC[C@@H](NC(=O)[C@H](C)NC(=O)[C@@H](C)OC1C(O)C(CO)OC(O)C1NC(C)=O)C(N)=O. The van der Waals surface area contributed by atoms with Crippen molar-refractivity contribution in [1.82, 2.24) is 21.3 Å². The molecule has 1 fully saturated rings. The van der Waals surface area contributed by atoms with E-state index in [-0.39, 0.29) is 18.9 Å². The number of ether oxygens (including phenoxy) is 3. The van der Waals surface area contributed by atoms with Crippen LogP contribution in [0.4, 0.5) is 0 Å². The summed E-state index contributed by atoms with van der Waals surface area (Å²) in [6.45, 7) is 8.06. The predicted octanol–water partition coefficient (Wildman–Crippen LogP) is -3.56. The summed E-state index contributed by atoms with van der Waals surface area (Å²) in [7, 11) is 0. The molecule has 5 amide bonds. The van der Waals surface area contributed by atoms with Crippen LogP contribution in [-0.4, -0.2) is 118 Å². The van der Waals surface area contributed by atoms with Gasteiger partial charge in [0, 0.05) is 13.3 Å². The first-order chi connectivity index (χ1) is 20.0. The van der Waals surface area contributed by atoms with E-state index in [4.69, 9.17) is 19.9 Å². The largest absolute Gasteiger partial charge is 0.461 e. The number of hydrogen-bond acceptors (Lipinski definition) is 12. The average Bonchev–Trinajstić information content (AvgIpc) is 2.93. The van der Waals surface area contributed by atoms with E-state index in [1.54, 1.807) is 6.92 Å². The standard InChI is InChI=1S/C26H45N5O12/c1-7-11(2)41-25(39)13(4)28-18(34)9-8-16(22(27)36)31-23(37)12(3)29-24(38)14(5)42-21-19(30-15(6)33)26(40)43-17(10-32)20(21)35/h11-14,16-17,19-21,26,32,35,40H,7-10H2,1-6H3,(H2,27,36)(H,28,34)(H,29,38)(H,30,33)(H,31,37)/t11?,12-,13-,14+,16+,17?,19?,20?,21?,26?/m0/s1. The van der Waals surface area contributed by atoms with Gasteiger partial charge in [-0.15, -0.1) is 0 Å². The average molecular weight is 620 g/mol. The van der Waals surface area contributed by atoms with Gasteiger partial charge in [0.25, 0.3) is 0 Å². The maximum atomic E-state index is 12.8. The fraction of sp³-hybridized carbons (Fsp3) is 0.769. The monoisotopic (exact) mass is 619 g/mol. The summed E-state index contributed by atoms with van der Waals surface area (Å²) < 4.78 is 15.9. The summed E-state index contributed by atoms with van der Waals surface area (Å²) in [6.07, 6.45) is -7.35. The van der Waals surface area contributed by atoms with Crippen LogP contribution in [0.2, 0.25) is 0 Å². The molecule has 9 N–H and O–H groups in total. The van der Waals surface area contributed by atoms with Crippen molar-refractivity contribution < 1.29 is 58.3 Å². The number of aliphatic hydroxyl groups is 3. The van der Waals surface area contributed by atoms with Crippen molar-refractivity contribution in [3.8, 4) is 0 Å². The Hall–Kier alpha value is -3.38. The lowest BCUT2D eigenvalue weighted by atomic mass is 9.96. The van der Waals surface area contributed by atoms with Gasteiger partial charge in [-0.2, -0.15) is 0 Å². The normalized spacial score (nSPS) is 25.2. The lowest BCUT2D eigenvalue weighted by Gasteiger charge is -2.43. The number of nitrogens with one attached hydrogen (secondary N) is 4. The molecule has 10 atom stereocenters. The minimum atomic E-state index is -1.66. The summed E-state index contributed by atoms with van der Waals surface area (Å²) in [5.41, 5.74) is 5.37. The second kappa shape index (κ2) is 17.7. The van der Waals surface area contributed by atoms with Gasteiger partial charge >= 0.3 is 5.97 Å². The van der Waals surface area contributed by atoms with Crippen LogP contribution in [0.3, 0.4) is 0 Å². The van der Waals surface area contributed by atoms with E-state index in [9.17, 15) is 44.1 Å². The molecule has 17 nitrogen and oxygen atoms in total. The number of esters is 1. The molecule has 6 unspecified atom stereocenters. The Morgan fingerprint density at radius 3 is 2.12 bits per heavy atom. The smallest absolute Gasteiger partial charge is 0.328 e. The van der Waals surface area contributed by atoms with Crippen molar-refractivity contribution >= 4 is 35.5 Å². The maximum Gasteiger partial charge on any atom is 0.328 e. The molecule has 0 radical (unpaired) electrons. The maximum absolute atomic E-state index is 12.8. The summed E-state index contributed by atoms with van der Waals surface area (Å²) >= 11 is 0. The molecule has 17 heteroatoms. The number of rotatable bonds is 16. The number of carbonyl (C=O) groups is 6. The summed E-state index contributed by atoms with van der Waals surface area (Å²) in [6, 6.07) is -4.71. The van der Waals surface area contributed by atoms with E-state index in [0.29, 0.717) is 6.42 Å². The molecule has 1 rings (SSSR count). The molecule has 1 aliphatic rings. The molecule has 1 aliphatic heterocycles. The van der Waals surface area contributed by atoms with Gasteiger partial charge in [-0.05, 0) is 40.5 Å². The summed E-state index contributed by atoms with van der Waals surface area (Å²) in [5.74, 6) is -4.36. The first-order valence-electron chi connectivity index (χ1n) is 14.0. The predicted molar refractivity (Wildman–Crippen MR) is 147 cm³/mol. The zero-order chi connectivity index (χ0) is 33.0. The van der Waals surface area contributed by atoms with E-state index >= 15 is 0 Å². The summed E-state index contributed by atoms with van der Waals surface area (Å²) in [4.78, 5) is 73.2. The van der Waals surface area contributed by atoms with Gasteiger partial charge in [-0.1, -0.05) is 6.92 Å². The van der Waals surface area contributed by atoms with Gasteiger partial charge in [0.15, 0.2) is 6.29 Å². The number of hydrogen-bond donors (Lipinski definition) is 8. The molecule has 246 valence electrons. The molecule has 0 aromatic carbocycles. The van der Waals surface area contributed by atoms with Crippen molar-refractivity contribution in [2.75, 3.05) is 6.61 Å². The number of nitrogens with two attached hydrogens (primary N) is 1. The van der Waals surface area contributed by atoms with Crippen molar-refractivity contribution in [2.24, 2.45) is 5.73 Å². The molecule has 1 saturated heterocycles. The molecule has 43 heavy (non-hydrogen) atoms. The Bertz CT molecular complexity index is 998. The van der Waals surface area contributed by atoms with Gasteiger partial charge in [-0.3, -0.25) is 24.0 Å². The van der Waals surface area contributed by atoms with Crippen LogP contribution >= 0.6 is 0 Å². The minimum Gasteiger partial charge on any atom is -0.461 e. The molecular formula is C26H45N5O12. The molecule has 0 spiro atoms. The topological polar surface area (TPSA) is 265 Å². The van der Waals surface area contributed by atoms with Crippen molar-refractivity contribution in [3.63, 3.8) is 0 Å². The van der Waals surface area contributed by atoms with E-state index in [0.717, 1.165) is 6.92 Å². The zero-order valence-corrected chi connectivity index (χ0v) is 25.2. The Balaban J connectivity index is 2.72. The van der Waals surface area contributed by atoms with Crippen LogP contribution in [-0.2, 0) is 43.0 Å². The summed E-state index contributed by atoms with van der Waals surface area (Å²) in [5, 5.41) is 39.7. The van der Waals surface area contributed by atoms with Crippen molar-refractivity contribution in [2.45, 2.75) is 122 Å². The molecule has 0 saturated carbocycles. The van der Waals surface area contributed by atoms with Crippen LogP contribution in [0.5, 0.6) is 0 Å². The fourth-order valence-electron chi connectivity index (χ4n) is 3.94. The second-order valence-corrected chi connectivity index (χ2v) is 10.4. The molecule has 0 bridgehead atoms. The van der Waals surface area contributed by atoms with Crippen LogP contribution in [0.25, 0.3) is 0 Å². The Labute approximate surface area is 249 Å². The van der Waals surface area contributed by atoms with Gasteiger partial charge < -0.3 is 56.5 Å². The quantitative estimate of drug-likeness (QED) is 0.0780. The third-order valence-electron chi connectivity index (χ3n) is 6.67. The Kier molecular flexibility index (Phi) is 15.5. The first-order valence-corrected chi connectivity index (χ1v) is 14.0. The second-order valence-electron chi connectivity index (χ2n) is 10.4. The Morgan fingerprint density at radius 1 is 0.953 bits per heavy atom. The lowest BCUT2D eigenvalue weighted by Crippen LogP contribution is -2.65. The van der Waals surface area contributed by atoms with Gasteiger partial charge in [-0.25, -0.2) is 4.79 Å². The fourth-order valence-corrected chi connectivity index (χ4v) is 3.94. The minimum absolute atomic E-state index is 0.194. The van der Waals surface area contributed by atoms with Crippen molar-refractivity contribution in [3.05, 3.63) is 0 Å². The van der Waals surface area contributed by atoms with Crippen LogP contribution in [0, 0.1) is 0 Å². The molecular weight excluding hydrogens is 574 g/mol. The van der Waals surface area contributed by atoms with Gasteiger partial charge in [0.2, 0.25) is 29.5 Å². The highest BCUT2D eigenvalue weighted by molar-refractivity contribution is 5.92. The highest BCUT2D eigenvalue weighted by atomic mass is 16.6.